The number of phenolic OH excluding ortho intramolecular Hbond substituents is 1. The Hall–Kier alpha value is -3.17. The summed E-state index contributed by atoms with van der Waals surface area (Å²) in [5, 5.41) is 12.4. The number of amides is 1. The van der Waals surface area contributed by atoms with Crippen molar-refractivity contribution in [2.75, 3.05) is 13.1 Å². The molecule has 1 heterocycles. The number of fused-ring (bicyclic) bond motifs is 1. The summed E-state index contributed by atoms with van der Waals surface area (Å²) in [5.74, 6) is -0.744. The molecule has 0 unspecified atom stereocenters. The molecule has 0 radical (unpaired) electrons. The van der Waals surface area contributed by atoms with Gasteiger partial charge < -0.3 is 14.8 Å². The van der Waals surface area contributed by atoms with E-state index in [4.69, 9.17) is 4.42 Å². The van der Waals surface area contributed by atoms with E-state index in [1.807, 2.05) is 6.92 Å². The standard InChI is InChI=1S/C19H18N2O6S/c1-12-2-6-15(7-3-12)28(25,26)21-9-8-20-18(23)16-10-13-4-5-14(22)11-17(13)27-19(16)24/h2-7,10-11,21-22H,8-9H2,1H3,(H,20,23). The Kier molecular flexibility index (Phi) is 5.48. The molecule has 8 nitrogen and oxygen atoms in total. The van der Waals surface area contributed by atoms with Crippen LogP contribution in [0.2, 0.25) is 0 Å². The lowest BCUT2D eigenvalue weighted by molar-refractivity contribution is 0.0951. The molecule has 0 atom stereocenters. The fourth-order valence-electron chi connectivity index (χ4n) is 2.52. The van der Waals surface area contributed by atoms with Crippen molar-refractivity contribution in [1.29, 1.82) is 0 Å². The first-order valence-electron chi connectivity index (χ1n) is 8.38. The average molecular weight is 402 g/mol. The van der Waals surface area contributed by atoms with Gasteiger partial charge in [0.15, 0.2) is 0 Å². The van der Waals surface area contributed by atoms with Crippen LogP contribution in [-0.4, -0.2) is 32.5 Å². The molecule has 0 saturated carbocycles. The Morgan fingerprint density at radius 1 is 1.07 bits per heavy atom. The highest BCUT2D eigenvalue weighted by molar-refractivity contribution is 7.89. The van der Waals surface area contributed by atoms with E-state index in [1.54, 1.807) is 12.1 Å². The number of aryl methyl sites for hydroxylation is 1. The maximum absolute atomic E-state index is 12.2. The smallest absolute Gasteiger partial charge is 0.349 e. The van der Waals surface area contributed by atoms with Crippen LogP contribution >= 0.6 is 0 Å². The number of sulfonamides is 1. The predicted molar refractivity (Wildman–Crippen MR) is 103 cm³/mol. The SMILES string of the molecule is Cc1ccc(S(=O)(=O)NCCNC(=O)c2cc3ccc(O)cc3oc2=O)cc1. The van der Waals surface area contributed by atoms with Crippen LogP contribution in [0.15, 0.2) is 62.6 Å². The normalized spacial score (nSPS) is 11.5. The van der Waals surface area contributed by atoms with Crippen LogP contribution in [0, 0.1) is 6.92 Å². The number of hydrogen-bond acceptors (Lipinski definition) is 6. The number of rotatable bonds is 6. The van der Waals surface area contributed by atoms with Crippen LogP contribution in [-0.2, 0) is 10.0 Å². The van der Waals surface area contributed by atoms with Crippen LogP contribution in [0.4, 0.5) is 0 Å². The summed E-state index contributed by atoms with van der Waals surface area (Å²) < 4.78 is 31.8. The van der Waals surface area contributed by atoms with Crippen molar-refractivity contribution in [1.82, 2.24) is 10.0 Å². The van der Waals surface area contributed by atoms with Crippen molar-refractivity contribution < 1.29 is 22.7 Å². The quantitative estimate of drug-likeness (QED) is 0.424. The zero-order chi connectivity index (χ0) is 20.3. The minimum Gasteiger partial charge on any atom is -0.508 e. The van der Waals surface area contributed by atoms with Crippen molar-refractivity contribution in [3.8, 4) is 5.75 Å². The van der Waals surface area contributed by atoms with Gasteiger partial charge in [-0.25, -0.2) is 17.9 Å². The number of benzene rings is 2. The van der Waals surface area contributed by atoms with E-state index < -0.39 is 21.6 Å². The topological polar surface area (TPSA) is 126 Å². The van der Waals surface area contributed by atoms with Crippen LogP contribution in [0.5, 0.6) is 5.75 Å². The molecule has 1 amide bonds. The highest BCUT2D eigenvalue weighted by Gasteiger charge is 2.15. The van der Waals surface area contributed by atoms with Crippen molar-refractivity contribution >= 4 is 26.9 Å². The highest BCUT2D eigenvalue weighted by atomic mass is 32.2. The summed E-state index contributed by atoms with van der Waals surface area (Å²) in [6.45, 7) is 1.79. The van der Waals surface area contributed by atoms with Crippen LogP contribution in [0.3, 0.4) is 0 Å². The van der Waals surface area contributed by atoms with Crippen molar-refractivity contribution in [3.63, 3.8) is 0 Å². The molecule has 0 spiro atoms. The van der Waals surface area contributed by atoms with Gasteiger partial charge in [0.25, 0.3) is 5.91 Å². The lowest BCUT2D eigenvalue weighted by Crippen LogP contribution is -2.36. The van der Waals surface area contributed by atoms with Crippen LogP contribution in [0.1, 0.15) is 15.9 Å². The number of phenols is 1. The molecule has 0 aliphatic heterocycles. The van der Waals surface area contributed by atoms with Gasteiger partial charge in [0, 0.05) is 24.5 Å². The Balaban J connectivity index is 1.62. The van der Waals surface area contributed by atoms with Crippen LogP contribution < -0.4 is 15.7 Å². The van der Waals surface area contributed by atoms with Crippen molar-refractivity contribution in [2.24, 2.45) is 0 Å². The number of aromatic hydroxyl groups is 1. The Bertz CT molecular complexity index is 1180. The molecule has 146 valence electrons. The first-order valence-corrected chi connectivity index (χ1v) is 9.86. The second kappa shape index (κ2) is 7.83. The van der Waals surface area contributed by atoms with Gasteiger partial charge in [0.2, 0.25) is 10.0 Å². The van der Waals surface area contributed by atoms with Crippen LogP contribution in [0.25, 0.3) is 11.0 Å². The first kappa shape index (κ1) is 19.6. The maximum atomic E-state index is 12.2. The van der Waals surface area contributed by atoms with E-state index in [2.05, 4.69) is 10.0 Å². The van der Waals surface area contributed by atoms with Gasteiger partial charge in [-0.1, -0.05) is 17.7 Å². The summed E-state index contributed by atoms with van der Waals surface area (Å²) >= 11 is 0. The second-order valence-corrected chi connectivity index (χ2v) is 7.90. The number of carbonyl (C=O) groups is 1. The molecule has 3 aromatic rings. The third kappa shape index (κ3) is 4.38. The van der Waals surface area contributed by atoms with E-state index in [1.165, 1.54) is 36.4 Å². The fourth-order valence-corrected chi connectivity index (χ4v) is 3.55. The summed E-state index contributed by atoms with van der Waals surface area (Å²) in [5.41, 5.74) is 0.0402. The molecule has 9 heteroatoms. The van der Waals surface area contributed by atoms with E-state index in [-0.39, 0.29) is 34.9 Å². The molecule has 3 rings (SSSR count). The lowest BCUT2D eigenvalue weighted by Gasteiger charge is -2.08. The third-order valence-electron chi connectivity index (χ3n) is 4.00. The van der Waals surface area contributed by atoms with Gasteiger partial charge in [0.1, 0.15) is 16.9 Å². The molecular formula is C19H18N2O6S. The fraction of sp³-hybridized carbons (Fsp3) is 0.158. The van der Waals surface area contributed by atoms with E-state index in [0.717, 1.165) is 5.56 Å². The zero-order valence-corrected chi connectivity index (χ0v) is 15.7. The molecule has 0 saturated heterocycles. The molecule has 2 aromatic carbocycles. The predicted octanol–water partition coefficient (Wildman–Crippen LogP) is 1.52. The van der Waals surface area contributed by atoms with Crippen molar-refractivity contribution in [3.05, 3.63) is 70.1 Å². The van der Waals surface area contributed by atoms with Gasteiger partial charge in [0.05, 0.1) is 4.90 Å². The second-order valence-electron chi connectivity index (χ2n) is 6.14. The Labute approximate surface area is 160 Å². The van der Waals surface area contributed by atoms with E-state index >= 15 is 0 Å². The van der Waals surface area contributed by atoms with Gasteiger partial charge in [-0.3, -0.25) is 4.79 Å². The monoisotopic (exact) mass is 402 g/mol. The van der Waals surface area contributed by atoms with Gasteiger partial charge in [-0.15, -0.1) is 0 Å². The summed E-state index contributed by atoms with van der Waals surface area (Å²) in [6, 6.07) is 11.9. The van der Waals surface area contributed by atoms with Gasteiger partial charge in [-0.2, -0.15) is 0 Å². The molecule has 0 aliphatic rings. The largest absolute Gasteiger partial charge is 0.508 e. The maximum Gasteiger partial charge on any atom is 0.349 e. The van der Waals surface area contributed by atoms with E-state index in [0.29, 0.717) is 5.39 Å². The molecule has 1 aromatic heterocycles. The lowest BCUT2D eigenvalue weighted by atomic mass is 10.1. The molecule has 3 N–H and O–H groups in total. The molecule has 0 aliphatic carbocycles. The zero-order valence-electron chi connectivity index (χ0n) is 14.9. The van der Waals surface area contributed by atoms with Gasteiger partial charge in [-0.05, 0) is 37.3 Å². The minimum absolute atomic E-state index is 0.0169. The first-order chi connectivity index (χ1) is 13.3. The molecule has 0 fully saturated rings. The number of hydrogen-bond donors (Lipinski definition) is 3. The summed E-state index contributed by atoms with van der Waals surface area (Å²) in [7, 11) is -3.69. The highest BCUT2D eigenvalue weighted by Crippen LogP contribution is 2.19. The average Bonchev–Trinajstić information content (AvgIpc) is 2.64. The third-order valence-corrected chi connectivity index (χ3v) is 5.48. The van der Waals surface area contributed by atoms with Gasteiger partial charge >= 0.3 is 5.63 Å². The molecule has 0 bridgehead atoms. The minimum atomic E-state index is -3.69. The number of nitrogens with one attached hydrogen (secondary N) is 2. The molecular weight excluding hydrogens is 384 g/mol. The summed E-state index contributed by atoms with van der Waals surface area (Å²) in [6.07, 6.45) is 0. The number of carbonyl (C=O) groups excluding carboxylic acids is 1. The Morgan fingerprint density at radius 3 is 2.50 bits per heavy atom. The van der Waals surface area contributed by atoms with E-state index in [9.17, 15) is 23.1 Å². The Morgan fingerprint density at radius 2 is 1.79 bits per heavy atom. The summed E-state index contributed by atoms with van der Waals surface area (Å²) in [4.78, 5) is 24.3. The molecule has 28 heavy (non-hydrogen) atoms. The van der Waals surface area contributed by atoms with Crippen molar-refractivity contribution in [2.45, 2.75) is 11.8 Å².